The van der Waals surface area contributed by atoms with E-state index >= 15 is 0 Å². The molecule has 0 heterocycles. The van der Waals surface area contributed by atoms with Crippen LogP contribution >= 0.6 is 23.2 Å². The first kappa shape index (κ1) is 15.2. The van der Waals surface area contributed by atoms with Crippen molar-refractivity contribution < 1.29 is 8.78 Å². The molecule has 0 bridgehead atoms. The van der Waals surface area contributed by atoms with Gasteiger partial charge in [-0.1, -0.05) is 47.5 Å². The highest BCUT2D eigenvalue weighted by Gasteiger charge is 2.14. The van der Waals surface area contributed by atoms with E-state index in [2.05, 4.69) is 0 Å². The van der Waals surface area contributed by atoms with Crippen molar-refractivity contribution in [3.63, 3.8) is 0 Å². The summed E-state index contributed by atoms with van der Waals surface area (Å²) in [6.07, 6.45) is 0.668. The molecule has 0 saturated carbocycles. The topological polar surface area (TPSA) is 26.0 Å². The third-order valence-corrected chi connectivity index (χ3v) is 3.89. The quantitative estimate of drug-likeness (QED) is 0.890. The summed E-state index contributed by atoms with van der Waals surface area (Å²) in [6.45, 7) is 0. The molecule has 0 radical (unpaired) electrons. The van der Waals surface area contributed by atoms with Crippen molar-refractivity contribution in [2.75, 3.05) is 0 Å². The molecule has 2 aromatic rings. The molecule has 0 aliphatic heterocycles. The van der Waals surface area contributed by atoms with E-state index in [9.17, 15) is 8.78 Å². The molecule has 2 aromatic carbocycles. The van der Waals surface area contributed by atoms with Crippen molar-refractivity contribution in [2.24, 2.45) is 5.73 Å². The van der Waals surface area contributed by atoms with Gasteiger partial charge in [-0.3, -0.25) is 0 Å². The van der Waals surface area contributed by atoms with Gasteiger partial charge in [-0.05, 0) is 36.1 Å². The minimum Gasteiger partial charge on any atom is -0.327 e. The maximum Gasteiger partial charge on any atom is 0.162 e. The van der Waals surface area contributed by atoms with Crippen molar-refractivity contribution in [2.45, 2.75) is 18.9 Å². The molecule has 0 aliphatic carbocycles. The van der Waals surface area contributed by atoms with Crippen molar-refractivity contribution in [3.05, 3.63) is 69.2 Å². The van der Waals surface area contributed by atoms with E-state index in [4.69, 9.17) is 28.9 Å². The standard InChI is InChI=1S/C15H13Cl2F2N/c16-12-5-1-3-9(14(12)17)7-11(20)8-10-4-2-6-13(18)15(10)19/h1-6,11H,7-8,20H2. The smallest absolute Gasteiger partial charge is 0.162 e. The van der Waals surface area contributed by atoms with Crippen molar-refractivity contribution in [3.8, 4) is 0 Å². The van der Waals surface area contributed by atoms with Gasteiger partial charge in [0, 0.05) is 6.04 Å². The molecule has 0 fully saturated rings. The molecule has 1 unspecified atom stereocenters. The van der Waals surface area contributed by atoms with Crippen LogP contribution in [0.2, 0.25) is 10.0 Å². The lowest BCUT2D eigenvalue weighted by atomic mass is 9.99. The van der Waals surface area contributed by atoms with Gasteiger partial charge in [0.2, 0.25) is 0 Å². The van der Waals surface area contributed by atoms with E-state index < -0.39 is 11.6 Å². The van der Waals surface area contributed by atoms with Gasteiger partial charge in [-0.25, -0.2) is 8.78 Å². The highest BCUT2D eigenvalue weighted by molar-refractivity contribution is 6.42. The van der Waals surface area contributed by atoms with Gasteiger partial charge in [0.05, 0.1) is 10.0 Å². The van der Waals surface area contributed by atoms with Crippen LogP contribution in [0.25, 0.3) is 0 Å². The Morgan fingerprint density at radius 2 is 1.55 bits per heavy atom. The summed E-state index contributed by atoms with van der Waals surface area (Å²) < 4.78 is 26.7. The van der Waals surface area contributed by atoms with Crippen LogP contribution in [0, 0.1) is 11.6 Å². The Balaban J connectivity index is 2.11. The molecule has 5 heteroatoms. The van der Waals surface area contributed by atoms with Crippen LogP contribution < -0.4 is 5.73 Å². The van der Waals surface area contributed by atoms with E-state index in [1.807, 2.05) is 6.07 Å². The summed E-state index contributed by atoms with van der Waals surface area (Å²) in [5.74, 6) is -1.71. The van der Waals surface area contributed by atoms with E-state index in [1.165, 1.54) is 12.1 Å². The Morgan fingerprint density at radius 3 is 2.30 bits per heavy atom. The molecule has 20 heavy (non-hydrogen) atoms. The fourth-order valence-corrected chi connectivity index (χ4v) is 2.45. The second-order valence-electron chi connectivity index (χ2n) is 4.59. The van der Waals surface area contributed by atoms with E-state index in [0.717, 1.165) is 11.6 Å². The molecular formula is C15H13Cl2F2N. The predicted octanol–water partition coefficient (Wildman–Crippen LogP) is 4.38. The lowest BCUT2D eigenvalue weighted by molar-refractivity contribution is 0.492. The molecule has 0 amide bonds. The zero-order valence-corrected chi connectivity index (χ0v) is 12.1. The monoisotopic (exact) mass is 315 g/mol. The molecule has 0 spiro atoms. The average molecular weight is 316 g/mol. The van der Waals surface area contributed by atoms with Crippen LogP contribution in [0.5, 0.6) is 0 Å². The molecular weight excluding hydrogens is 303 g/mol. The van der Waals surface area contributed by atoms with Crippen LogP contribution in [0.4, 0.5) is 8.78 Å². The Morgan fingerprint density at radius 1 is 0.950 bits per heavy atom. The summed E-state index contributed by atoms with van der Waals surface area (Å²) in [7, 11) is 0. The lowest BCUT2D eigenvalue weighted by Crippen LogP contribution is -2.26. The summed E-state index contributed by atoms with van der Waals surface area (Å²) in [6, 6.07) is 8.98. The number of nitrogens with two attached hydrogens (primary N) is 1. The van der Waals surface area contributed by atoms with Gasteiger partial charge in [-0.2, -0.15) is 0 Å². The average Bonchev–Trinajstić information content (AvgIpc) is 2.40. The normalized spacial score (nSPS) is 12.4. The third-order valence-electron chi connectivity index (χ3n) is 3.03. The van der Waals surface area contributed by atoms with Crippen LogP contribution in [-0.2, 0) is 12.8 Å². The van der Waals surface area contributed by atoms with Crippen LogP contribution in [0.15, 0.2) is 36.4 Å². The number of halogens is 4. The third kappa shape index (κ3) is 3.48. The summed E-state index contributed by atoms with van der Waals surface area (Å²) in [5, 5.41) is 0.901. The minimum atomic E-state index is -0.865. The number of hydrogen-bond donors (Lipinski definition) is 1. The maximum absolute atomic E-state index is 13.6. The summed E-state index contributed by atoms with van der Waals surface area (Å²) in [5.41, 5.74) is 7.04. The fourth-order valence-electron chi connectivity index (χ4n) is 2.05. The molecule has 0 saturated heterocycles. The second kappa shape index (κ2) is 6.53. The first-order chi connectivity index (χ1) is 9.49. The molecule has 1 atom stereocenters. The van der Waals surface area contributed by atoms with Crippen molar-refractivity contribution >= 4 is 23.2 Å². The van der Waals surface area contributed by atoms with Crippen molar-refractivity contribution in [1.29, 1.82) is 0 Å². The Labute approximate surface area is 126 Å². The molecule has 1 nitrogen and oxygen atoms in total. The van der Waals surface area contributed by atoms with Gasteiger partial charge in [0.1, 0.15) is 0 Å². The van der Waals surface area contributed by atoms with E-state index in [1.54, 1.807) is 12.1 Å². The Kier molecular flexibility index (Phi) is 4.97. The zero-order chi connectivity index (χ0) is 14.7. The number of hydrogen-bond acceptors (Lipinski definition) is 1. The number of benzene rings is 2. The maximum atomic E-state index is 13.6. The minimum absolute atomic E-state index is 0.229. The predicted molar refractivity (Wildman–Crippen MR) is 78.2 cm³/mol. The van der Waals surface area contributed by atoms with Gasteiger partial charge in [-0.15, -0.1) is 0 Å². The van der Waals surface area contributed by atoms with Crippen LogP contribution in [-0.4, -0.2) is 6.04 Å². The highest BCUT2D eigenvalue weighted by Crippen LogP contribution is 2.26. The first-order valence-electron chi connectivity index (χ1n) is 6.10. The number of rotatable bonds is 4. The second-order valence-corrected chi connectivity index (χ2v) is 5.38. The summed E-state index contributed by atoms with van der Waals surface area (Å²) in [4.78, 5) is 0. The van der Waals surface area contributed by atoms with Crippen LogP contribution in [0.1, 0.15) is 11.1 Å². The highest BCUT2D eigenvalue weighted by atomic mass is 35.5. The SMILES string of the molecule is NC(Cc1cccc(F)c1F)Cc1cccc(Cl)c1Cl. The molecule has 2 N–H and O–H groups in total. The Bertz CT molecular complexity index is 563. The first-order valence-corrected chi connectivity index (χ1v) is 6.86. The largest absolute Gasteiger partial charge is 0.327 e. The van der Waals surface area contributed by atoms with Gasteiger partial charge < -0.3 is 5.73 Å². The van der Waals surface area contributed by atoms with E-state index in [0.29, 0.717) is 16.5 Å². The fraction of sp³-hybridized carbons (Fsp3) is 0.200. The molecule has 106 valence electrons. The summed E-state index contributed by atoms with van der Waals surface area (Å²) >= 11 is 12.0. The van der Waals surface area contributed by atoms with Crippen molar-refractivity contribution in [1.82, 2.24) is 0 Å². The molecule has 0 aliphatic rings. The van der Waals surface area contributed by atoms with E-state index in [-0.39, 0.29) is 18.0 Å². The molecule has 0 aromatic heterocycles. The van der Waals surface area contributed by atoms with Gasteiger partial charge >= 0.3 is 0 Å². The van der Waals surface area contributed by atoms with Gasteiger partial charge in [0.15, 0.2) is 11.6 Å². The van der Waals surface area contributed by atoms with Gasteiger partial charge in [0.25, 0.3) is 0 Å². The van der Waals surface area contributed by atoms with Crippen LogP contribution in [0.3, 0.4) is 0 Å². The lowest BCUT2D eigenvalue weighted by Gasteiger charge is -2.14. The zero-order valence-electron chi connectivity index (χ0n) is 10.5. The Hall–Kier alpha value is -1.16. The molecule has 2 rings (SSSR count).